The average Bonchev–Trinajstić information content (AvgIpc) is 2.77. The third-order valence-corrected chi connectivity index (χ3v) is 4.72. The van der Waals surface area contributed by atoms with E-state index in [4.69, 9.17) is 14.2 Å². The van der Waals surface area contributed by atoms with Crippen LogP contribution < -0.4 is 14.8 Å². The monoisotopic (exact) mass is 318 g/mol. The fourth-order valence-electron chi connectivity index (χ4n) is 3.53. The fraction of sp³-hybridized carbons (Fsp3) is 0.588. The SMILES string of the molecule is O=C1CO[C@H]2CCN(Cc3ccc4c(c3)OCCO4)CC[C@@H]2N1. The van der Waals surface area contributed by atoms with Crippen LogP contribution in [0.1, 0.15) is 18.4 Å². The quantitative estimate of drug-likeness (QED) is 0.879. The predicted molar refractivity (Wildman–Crippen MR) is 83.6 cm³/mol. The fourth-order valence-corrected chi connectivity index (χ4v) is 3.53. The van der Waals surface area contributed by atoms with Crippen LogP contribution in [-0.2, 0) is 16.1 Å². The van der Waals surface area contributed by atoms with E-state index in [1.54, 1.807) is 0 Å². The number of carbonyl (C=O) groups is 1. The molecule has 0 spiro atoms. The highest BCUT2D eigenvalue weighted by Gasteiger charge is 2.32. The van der Waals surface area contributed by atoms with Crippen LogP contribution in [0.15, 0.2) is 18.2 Å². The van der Waals surface area contributed by atoms with E-state index in [1.165, 1.54) is 5.56 Å². The first-order valence-electron chi connectivity index (χ1n) is 8.30. The van der Waals surface area contributed by atoms with E-state index in [0.717, 1.165) is 44.0 Å². The molecular formula is C17H22N2O4. The molecule has 1 amide bonds. The Labute approximate surface area is 135 Å². The van der Waals surface area contributed by atoms with Crippen molar-refractivity contribution >= 4 is 5.91 Å². The molecule has 2 saturated heterocycles. The lowest BCUT2D eigenvalue weighted by Gasteiger charge is -2.30. The number of carbonyl (C=O) groups excluding carboxylic acids is 1. The van der Waals surface area contributed by atoms with Crippen molar-refractivity contribution in [1.82, 2.24) is 10.2 Å². The number of likely N-dealkylation sites (tertiary alicyclic amines) is 1. The van der Waals surface area contributed by atoms with Gasteiger partial charge in [0.2, 0.25) is 5.91 Å². The van der Waals surface area contributed by atoms with Crippen molar-refractivity contribution in [2.24, 2.45) is 0 Å². The Morgan fingerprint density at radius 2 is 1.96 bits per heavy atom. The van der Waals surface area contributed by atoms with Crippen molar-refractivity contribution in [3.63, 3.8) is 0 Å². The first-order valence-corrected chi connectivity index (χ1v) is 8.30. The molecule has 6 heteroatoms. The number of nitrogens with one attached hydrogen (secondary N) is 1. The van der Waals surface area contributed by atoms with Gasteiger partial charge in [0.05, 0.1) is 12.1 Å². The maximum Gasteiger partial charge on any atom is 0.246 e. The molecule has 1 N–H and O–H groups in total. The van der Waals surface area contributed by atoms with Crippen molar-refractivity contribution in [3.8, 4) is 11.5 Å². The Bertz CT molecular complexity index is 592. The van der Waals surface area contributed by atoms with Crippen LogP contribution in [0.2, 0.25) is 0 Å². The minimum Gasteiger partial charge on any atom is -0.486 e. The van der Waals surface area contributed by atoms with Gasteiger partial charge in [-0.2, -0.15) is 0 Å². The first-order chi connectivity index (χ1) is 11.3. The predicted octanol–water partition coefficient (Wildman–Crippen LogP) is 0.937. The summed E-state index contributed by atoms with van der Waals surface area (Å²) in [5, 5.41) is 3.06. The second kappa shape index (κ2) is 6.37. The van der Waals surface area contributed by atoms with Crippen LogP contribution in [0.3, 0.4) is 0 Å². The molecule has 124 valence electrons. The molecule has 3 heterocycles. The number of fused-ring (bicyclic) bond motifs is 2. The van der Waals surface area contributed by atoms with Gasteiger partial charge in [0, 0.05) is 19.6 Å². The van der Waals surface area contributed by atoms with E-state index in [0.29, 0.717) is 13.2 Å². The molecule has 3 aliphatic heterocycles. The Balaban J connectivity index is 1.40. The lowest BCUT2D eigenvalue weighted by atomic mass is 10.0. The van der Waals surface area contributed by atoms with Gasteiger partial charge in [0.15, 0.2) is 11.5 Å². The maximum absolute atomic E-state index is 11.5. The van der Waals surface area contributed by atoms with Crippen molar-refractivity contribution in [2.75, 3.05) is 32.9 Å². The largest absolute Gasteiger partial charge is 0.486 e. The Morgan fingerprint density at radius 1 is 1.13 bits per heavy atom. The number of nitrogens with zero attached hydrogens (tertiary/aromatic N) is 1. The molecular weight excluding hydrogens is 296 g/mol. The van der Waals surface area contributed by atoms with Gasteiger partial charge in [-0.25, -0.2) is 0 Å². The number of ether oxygens (including phenoxy) is 3. The van der Waals surface area contributed by atoms with Crippen molar-refractivity contribution < 1.29 is 19.0 Å². The minimum absolute atomic E-state index is 0.00605. The molecule has 1 aromatic rings. The van der Waals surface area contributed by atoms with Crippen molar-refractivity contribution in [3.05, 3.63) is 23.8 Å². The molecule has 0 aliphatic carbocycles. The van der Waals surface area contributed by atoms with E-state index >= 15 is 0 Å². The standard InChI is InChI=1S/C17H22N2O4/c20-17-11-23-14-4-6-19(5-3-13(14)18-17)10-12-1-2-15-16(9-12)22-8-7-21-15/h1-2,9,13-14H,3-8,10-11H2,(H,18,20)/t13-,14-/m0/s1. The van der Waals surface area contributed by atoms with E-state index in [2.05, 4.69) is 22.3 Å². The number of hydrogen-bond donors (Lipinski definition) is 1. The second-order valence-electron chi connectivity index (χ2n) is 6.35. The van der Waals surface area contributed by atoms with Crippen molar-refractivity contribution in [2.45, 2.75) is 31.5 Å². The van der Waals surface area contributed by atoms with Gasteiger partial charge in [-0.3, -0.25) is 9.69 Å². The van der Waals surface area contributed by atoms with E-state index in [9.17, 15) is 4.79 Å². The van der Waals surface area contributed by atoms with Crippen LogP contribution in [0, 0.1) is 0 Å². The molecule has 0 bridgehead atoms. The molecule has 2 fully saturated rings. The van der Waals surface area contributed by atoms with Gasteiger partial charge in [-0.05, 0) is 30.5 Å². The van der Waals surface area contributed by atoms with Crippen LogP contribution in [0.25, 0.3) is 0 Å². The van der Waals surface area contributed by atoms with E-state index < -0.39 is 0 Å². The first kappa shape index (κ1) is 14.8. The molecule has 4 rings (SSSR count). The zero-order valence-electron chi connectivity index (χ0n) is 13.1. The lowest BCUT2D eigenvalue weighted by Crippen LogP contribution is -2.51. The zero-order valence-corrected chi connectivity index (χ0v) is 13.1. The highest BCUT2D eigenvalue weighted by atomic mass is 16.6. The van der Waals surface area contributed by atoms with Crippen LogP contribution in [-0.4, -0.2) is 55.9 Å². The van der Waals surface area contributed by atoms with Gasteiger partial charge in [0.25, 0.3) is 0 Å². The zero-order chi connectivity index (χ0) is 15.6. The molecule has 3 aliphatic rings. The number of amides is 1. The smallest absolute Gasteiger partial charge is 0.246 e. The number of benzene rings is 1. The maximum atomic E-state index is 11.5. The minimum atomic E-state index is 0.00605. The summed E-state index contributed by atoms with van der Waals surface area (Å²) in [6, 6.07) is 6.32. The highest BCUT2D eigenvalue weighted by Crippen LogP contribution is 2.31. The van der Waals surface area contributed by atoms with Crippen LogP contribution in [0.4, 0.5) is 0 Å². The summed E-state index contributed by atoms with van der Waals surface area (Å²) in [7, 11) is 0. The number of rotatable bonds is 2. The summed E-state index contributed by atoms with van der Waals surface area (Å²) < 4.78 is 16.9. The van der Waals surface area contributed by atoms with E-state index in [1.807, 2.05) is 6.07 Å². The van der Waals surface area contributed by atoms with Gasteiger partial charge in [0.1, 0.15) is 19.8 Å². The summed E-state index contributed by atoms with van der Waals surface area (Å²) in [5.41, 5.74) is 1.23. The van der Waals surface area contributed by atoms with Gasteiger partial charge < -0.3 is 19.5 Å². The van der Waals surface area contributed by atoms with E-state index in [-0.39, 0.29) is 24.7 Å². The summed E-state index contributed by atoms with van der Waals surface area (Å²) in [4.78, 5) is 13.9. The normalized spacial score (nSPS) is 27.7. The molecule has 0 unspecified atom stereocenters. The van der Waals surface area contributed by atoms with Gasteiger partial charge in [-0.1, -0.05) is 6.07 Å². The third kappa shape index (κ3) is 3.28. The average molecular weight is 318 g/mol. The molecule has 2 atom stereocenters. The van der Waals surface area contributed by atoms with Crippen LogP contribution in [0.5, 0.6) is 11.5 Å². The topological polar surface area (TPSA) is 60.0 Å². The second-order valence-corrected chi connectivity index (χ2v) is 6.35. The third-order valence-electron chi connectivity index (χ3n) is 4.72. The Morgan fingerprint density at radius 3 is 2.87 bits per heavy atom. The highest BCUT2D eigenvalue weighted by molar-refractivity contribution is 5.78. The molecule has 23 heavy (non-hydrogen) atoms. The summed E-state index contributed by atoms with van der Waals surface area (Å²) >= 11 is 0. The number of hydrogen-bond acceptors (Lipinski definition) is 5. The van der Waals surface area contributed by atoms with Crippen LogP contribution >= 0.6 is 0 Å². The Kier molecular flexibility index (Phi) is 4.10. The molecule has 1 aromatic carbocycles. The van der Waals surface area contributed by atoms with Crippen molar-refractivity contribution in [1.29, 1.82) is 0 Å². The Hall–Kier alpha value is -1.79. The molecule has 0 aromatic heterocycles. The summed E-state index contributed by atoms with van der Waals surface area (Å²) in [6.07, 6.45) is 2.04. The van der Waals surface area contributed by atoms with Gasteiger partial charge in [-0.15, -0.1) is 0 Å². The lowest BCUT2D eigenvalue weighted by molar-refractivity contribution is -0.136. The molecule has 0 radical (unpaired) electrons. The molecule has 6 nitrogen and oxygen atoms in total. The number of morpholine rings is 1. The molecule has 0 saturated carbocycles. The summed E-state index contributed by atoms with van der Waals surface area (Å²) in [6.45, 7) is 4.24. The van der Waals surface area contributed by atoms with Gasteiger partial charge >= 0.3 is 0 Å². The summed E-state index contributed by atoms with van der Waals surface area (Å²) in [5.74, 6) is 1.68.